The van der Waals surface area contributed by atoms with Gasteiger partial charge in [-0.1, -0.05) is 66.9 Å². The summed E-state index contributed by atoms with van der Waals surface area (Å²) in [7, 11) is 4.55. The number of rotatable bonds is 6. The molecule has 2 aliphatic rings. The first kappa shape index (κ1) is 23.3. The van der Waals surface area contributed by atoms with E-state index >= 15 is 0 Å². The van der Waals surface area contributed by atoms with Crippen LogP contribution in [0.5, 0.6) is 0 Å². The lowest BCUT2D eigenvalue weighted by molar-refractivity contribution is -0.929. The van der Waals surface area contributed by atoms with Gasteiger partial charge in [0.25, 0.3) is 5.91 Å². The highest BCUT2D eigenvalue weighted by atomic mass is 35.5. The van der Waals surface area contributed by atoms with Crippen molar-refractivity contribution < 1.29 is 14.4 Å². The van der Waals surface area contributed by atoms with Crippen LogP contribution < -0.4 is 0 Å². The average molecular weight is 456 g/mol. The van der Waals surface area contributed by atoms with Crippen LogP contribution in [-0.2, 0) is 16.9 Å². The zero-order valence-electron chi connectivity index (χ0n) is 19.3. The molecule has 4 rings (SSSR count). The molecule has 1 heterocycles. The molecule has 1 aliphatic heterocycles. The molecule has 2 fully saturated rings. The standard InChI is InChI=1S/C27H36ClN2O2/c1-30(2,20-21-12-14-24(28)15-13-21)25-16-18-29(19-17-25)26(31)27(32,23-10-6-7-11-23)22-8-4-3-5-9-22/h3-5,8-9,12-15,23,25,32H,6-7,10-11,16-20H2,1-2H3/q+1. The number of aliphatic hydroxyl groups is 1. The molecule has 0 radical (unpaired) electrons. The monoisotopic (exact) mass is 455 g/mol. The van der Waals surface area contributed by atoms with Crippen LogP contribution in [0, 0.1) is 5.92 Å². The summed E-state index contributed by atoms with van der Waals surface area (Å²) in [4.78, 5) is 15.7. The van der Waals surface area contributed by atoms with Crippen molar-refractivity contribution in [2.45, 2.75) is 56.7 Å². The van der Waals surface area contributed by atoms with Crippen LogP contribution in [0.4, 0.5) is 0 Å². The molecule has 1 amide bonds. The van der Waals surface area contributed by atoms with E-state index in [1.165, 1.54) is 5.56 Å². The second kappa shape index (κ2) is 9.54. The summed E-state index contributed by atoms with van der Waals surface area (Å²) < 4.78 is 0.884. The van der Waals surface area contributed by atoms with E-state index in [1.807, 2.05) is 47.4 Å². The van der Waals surface area contributed by atoms with E-state index in [1.54, 1.807) is 0 Å². The van der Waals surface area contributed by atoms with Crippen LogP contribution in [0.15, 0.2) is 54.6 Å². The van der Waals surface area contributed by atoms with E-state index in [-0.39, 0.29) is 11.8 Å². The molecule has 1 unspecified atom stereocenters. The normalized spacial score (nSPS) is 20.3. The first-order chi connectivity index (χ1) is 15.3. The highest BCUT2D eigenvalue weighted by molar-refractivity contribution is 6.30. The fraction of sp³-hybridized carbons (Fsp3) is 0.519. The minimum Gasteiger partial charge on any atom is -0.375 e. The maximum absolute atomic E-state index is 13.7. The number of quaternary nitrogens is 1. The predicted molar refractivity (Wildman–Crippen MR) is 129 cm³/mol. The average Bonchev–Trinajstić information content (AvgIpc) is 3.36. The maximum atomic E-state index is 13.7. The van der Waals surface area contributed by atoms with E-state index in [2.05, 4.69) is 26.2 Å². The van der Waals surface area contributed by atoms with Crippen LogP contribution in [0.3, 0.4) is 0 Å². The molecule has 0 aromatic heterocycles. The van der Waals surface area contributed by atoms with E-state index in [4.69, 9.17) is 11.6 Å². The van der Waals surface area contributed by atoms with Gasteiger partial charge in [-0.05, 0) is 30.5 Å². The third kappa shape index (κ3) is 4.73. The van der Waals surface area contributed by atoms with Crippen LogP contribution in [0.2, 0.25) is 5.02 Å². The van der Waals surface area contributed by atoms with Gasteiger partial charge < -0.3 is 14.5 Å². The van der Waals surface area contributed by atoms with Gasteiger partial charge in [0.05, 0.1) is 20.1 Å². The molecule has 5 heteroatoms. The van der Waals surface area contributed by atoms with Crippen LogP contribution in [0.1, 0.15) is 49.7 Å². The third-order valence-electron chi connectivity index (χ3n) is 7.73. The summed E-state index contributed by atoms with van der Waals surface area (Å²) in [5, 5.41) is 12.6. The topological polar surface area (TPSA) is 40.5 Å². The Morgan fingerprint density at radius 1 is 1.00 bits per heavy atom. The maximum Gasteiger partial charge on any atom is 0.259 e. The molecule has 1 saturated carbocycles. The Balaban J connectivity index is 1.45. The van der Waals surface area contributed by atoms with Gasteiger partial charge in [0.1, 0.15) is 6.54 Å². The predicted octanol–water partition coefficient (Wildman–Crippen LogP) is 4.99. The number of benzene rings is 2. The minimum absolute atomic E-state index is 0.00671. The molecule has 1 N–H and O–H groups in total. The van der Waals surface area contributed by atoms with Gasteiger partial charge in [0, 0.05) is 42.4 Å². The Labute approximate surface area is 197 Å². The molecular weight excluding hydrogens is 420 g/mol. The highest BCUT2D eigenvalue weighted by Crippen LogP contribution is 2.42. The number of likely N-dealkylation sites (tertiary alicyclic amines) is 1. The van der Waals surface area contributed by atoms with Gasteiger partial charge in [-0.25, -0.2) is 0 Å². The highest BCUT2D eigenvalue weighted by Gasteiger charge is 2.49. The second-order valence-electron chi connectivity index (χ2n) is 10.2. The van der Waals surface area contributed by atoms with Crippen LogP contribution >= 0.6 is 11.6 Å². The second-order valence-corrected chi connectivity index (χ2v) is 10.6. The Kier molecular flexibility index (Phi) is 6.94. The van der Waals surface area contributed by atoms with Crippen molar-refractivity contribution >= 4 is 17.5 Å². The largest absolute Gasteiger partial charge is 0.375 e. The fourth-order valence-corrected chi connectivity index (χ4v) is 5.89. The number of piperidine rings is 1. The lowest BCUT2D eigenvalue weighted by atomic mass is 9.78. The Hall–Kier alpha value is -1.88. The summed E-state index contributed by atoms with van der Waals surface area (Å²) in [6.45, 7) is 2.34. The van der Waals surface area contributed by atoms with Gasteiger partial charge >= 0.3 is 0 Å². The van der Waals surface area contributed by atoms with E-state index in [0.717, 1.165) is 60.1 Å². The minimum atomic E-state index is -1.40. The summed E-state index contributed by atoms with van der Waals surface area (Å²) in [6, 6.07) is 18.2. The van der Waals surface area contributed by atoms with Crippen molar-refractivity contribution in [3.8, 4) is 0 Å². The fourth-order valence-electron chi connectivity index (χ4n) is 5.77. The molecule has 172 valence electrons. The number of halogens is 1. The van der Waals surface area contributed by atoms with Crippen LogP contribution in [-0.4, -0.2) is 53.6 Å². The summed E-state index contributed by atoms with van der Waals surface area (Å²) in [6.07, 6.45) is 5.90. The van der Waals surface area contributed by atoms with Gasteiger partial charge in [0.15, 0.2) is 5.60 Å². The molecule has 1 atom stereocenters. The number of nitrogens with zero attached hydrogens (tertiary/aromatic N) is 2. The Morgan fingerprint density at radius 2 is 1.59 bits per heavy atom. The van der Waals surface area contributed by atoms with Crippen molar-refractivity contribution in [3.63, 3.8) is 0 Å². The Morgan fingerprint density at radius 3 is 2.19 bits per heavy atom. The lowest BCUT2D eigenvalue weighted by Crippen LogP contribution is -2.57. The number of carbonyl (C=O) groups excluding carboxylic acids is 1. The molecule has 2 aromatic rings. The number of hydrogen-bond acceptors (Lipinski definition) is 2. The van der Waals surface area contributed by atoms with Crippen molar-refractivity contribution in [2.24, 2.45) is 5.92 Å². The quantitative estimate of drug-likeness (QED) is 0.623. The van der Waals surface area contributed by atoms with Crippen molar-refractivity contribution in [1.29, 1.82) is 0 Å². The lowest BCUT2D eigenvalue weighted by Gasteiger charge is -2.45. The smallest absolute Gasteiger partial charge is 0.259 e. The summed E-state index contributed by atoms with van der Waals surface area (Å²) >= 11 is 6.04. The number of amides is 1. The van der Waals surface area contributed by atoms with Gasteiger partial charge in [0.2, 0.25) is 0 Å². The zero-order chi connectivity index (χ0) is 22.8. The molecule has 32 heavy (non-hydrogen) atoms. The molecule has 4 nitrogen and oxygen atoms in total. The van der Waals surface area contributed by atoms with Crippen molar-refractivity contribution in [2.75, 3.05) is 27.2 Å². The van der Waals surface area contributed by atoms with Gasteiger partial charge in [-0.15, -0.1) is 0 Å². The molecular formula is C27H36ClN2O2+. The SMILES string of the molecule is C[N+](C)(Cc1ccc(Cl)cc1)C1CCN(C(=O)C(O)(c2ccccc2)C2CCCC2)CC1. The summed E-state index contributed by atoms with van der Waals surface area (Å²) in [5.41, 5.74) is 0.619. The first-order valence-electron chi connectivity index (χ1n) is 11.9. The molecule has 0 bridgehead atoms. The van der Waals surface area contributed by atoms with E-state index in [9.17, 15) is 9.90 Å². The first-order valence-corrected chi connectivity index (χ1v) is 12.3. The van der Waals surface area contributed by atoms with Gasteiger partial charge in [-0.2, -0.15) is 0 Å². The molecule has 1 aliphatic carbocycles. The third-order valence-corrected chi connectivity index (χ3v) is 7.98. The van der Waals surface area contributed by atoms with Gasteiger partial charge in [-0.3, -0.25) is 4.79 Å². The van der Waals surface area contributed by atoms with Crippen LogP contribution in [0.25, 0.3) is 0 Å². The summed E-state index contributed by atoms with van der Waals surface area (Å²) in [5.74, 6) is -0.0932. The zero-order valence-corrected chi connectivity index (χ0v) is 20.1. The van der Waals surface area contributed by atoms with Crippen molar-refractivity contribution in [3.05, 3.63) is 70.7 Å². The van der Waals surface area contributed by atoms with E-state index in [0.29, 0.717) is 19.1 Å². The molecule has 2 aromatic carbocycles. The number of hydrogen-bond donors (Lipinski definition) is 1. The molecule has 0 spiro atoms. The number of carbonyl (C=O) groups is 1. The molecule has 1 saturated heterocycles. The Bertz CT molecular complexity index is 901. The van der Waals surface area contributed by atoms with Crippen molar-refractivity contribution in [1.82, 2.24) is 4.90 Å². The van der Waals surface area contributed by atoms with E-state index < -0.39 is 5.60 Å².